The smallest absolute Gasteiger partial charge is 0.326 e. The number of aliphatic hydroxyl groups is 1. The molecule has 3 atom stereocenters. The van der Waals surface area contributed by atoms with E-state index in [0.717, 1.165) is 0 Å². The van der Waals surface area contributed by atoms with E-state index in [0.29, 0.717) is 0 Å². The summed E-state index contributed by atoms with van der Waals surface area (Å²) in [7, 11) is 0. The molecule has 12 heteroatoms. The van der Waals surface area contributed by atoms with Crippen molar-refractivity contribution >= 4 is 29.6 Å². The first-order valence-corrected chi connectivity index (χ1v) is 8.24. The number of nitrogens with one attached hydrogen (secondary N) is 3. The highest BCUT2D eigenvalue weighted by Crippen LogP contribution is 2.01. The minimum atomic E-state index is -1.26. The Morgan fingerprint density at radius 3 is 2.07 bits per heavy atom. The molecule has 0 radical (unpaired) electrons. The summed E-state index contributed by atoms with van der Waals surface area (Å²) >= 11 is 0. The Labute approximate surface area is 156 Å². The Hall–Kier alpha value is -2.73. The van der Waals surface area contributed by atoms with Crippen LogP contribution in [0.25, 0.3) is 0 Å². The van der Waals surface area contributed by atoms with Crippen LogP contribution in [0, 0.1) is 5.92 Å². The Morgan fingerprint density at radius 1 is 1.04 bits per heavy atom. The number of aliphatic carboxylic acids is 1. The van der Waals surface area contributed by atoms with E-state index in [1.54, 1.807) is 13.8 Å². The van der Waals surface area contributed by atoms with E-state index in [-0.39, 0.29) is 18.8 Å². The molecule has 4 amide bonds. The fraction of sp³-hybridized carbons (Fsp3) is 0.667. The zero-order valence-electron chi connectivity index (χ0n) is 15.2. The Morgan fingerprint density at radius 2 is 1.63 bits per heavy atom. The Balaban J connectivity index is 4.82. The van der Waals surface area contributed by atoms with Crippen LogP contribution in [0.5, 0.6) is 0 Å². The zero-order chi connectivity index (χ0) is 21.1. The van der Waals surface area contributed by atoms with Crippen molar-refractivity contribution in [3.05, 3.63) is 0 Å². The lowest BCUT2D eigenvalue weighted by Crippen LogP contribution is -2.54. The van der Waals surface area contributed by atoms with Gasteiger partial charge in [0.1, 0.15) is 18.1 Å². The van der Waals surface area contributed by atoms with E-state index in [1.807, 2.05) is 0 Å². The van der Waals surface area contributed by atoms with Gasteiger partial charge >= 0.3 is 5.97 Å². The van der Waals surface area contributed by atoms with Gasteiger partial charge in [-0.25, -0.2) is 4.79 Å². The first-order chi connectivity index (χ1) is 12.5. The average molecular weight is 389 g/mol. The molecule has 0 aromatic heterocycles. The molecule has 0 aliphatic heterocycles. The number of rotatable bonds is 12. The number of amides is 4. The van der Waals surface area contributed by atoms with E-state index in [2.05, 4.69) is 16.0 Å². The SMILES string of the molecule is CC(C)C(NC(=O)CNC(=O)C(CCC(N)=O)NC(=O)C(N)CO)C(=O)O. The standard InChI is InChI=1S/C15H27N5O7/c1-7(2)12(15(26)27)20-11(23)5-18-14(25)9(3-4-10(17)22)19-13(24)8(16)6-21/h7-9,12,21H,3-6,16H2,1-2H3,(H2,17,22)(H,18,25)(H,19,24)(H,20,23)(H,26,27). The minimum absolute atomic E-state index is 0.142. The quantitative estimate of drug-likeness (QED) is 0.176. The summed E-state index contributed by atoms with van der Waals surface area (Å²) in [4.78, 5) is 57.7. The number of carbonyl (C=O) groups excluding carboxylic acids is 4. The molecule has 0 saturated carbocycles. The molecule has 0 bridgehead atoms. The zero-order valence-corrected chi connectivity index (χ0v) is 15.2. The van der Waals surface area contributed by atoms with Crippen LogP contribution in [0.15, 0.2) is 0 Å². The summed E-state index contributed by atoms with van der Waals surface area (Å²) in [5.41, 5.74) is 10.4. The van der Waals surface area contributed by atoms with Crippen LogP contribution in [-0.2, 0) is 24.0 Å². The molecule has 0 aromatic carbocycles. The number of hydrogen-bond donors (Lipinski definition) is 7. The lowest BCUT2D eigenvalue weighted by Gasteiger charge is -2.21. The van der Waals surface area contributed by atoms with Crippen molar-refractivity contribution in [3.63, 3.8) is 0 Å². The number of carboxylic acid groups (broad SMARTS) is 1. The van der Waals surface area contributed by atoms with E-state index >= 15 is 0 Å². The van der Waals surface area contributed by atoms with Gasteiger partial charge in [0.2, 0.25) is 23.6 Å². The molecular weight excluding hydrogens is 362 g/mol. The van der Waals surface area contributed by atoms with Crippen molar-refractivity contribution in [2.24, 2.45) is 17.4 Å². The molecular formula is C15H27N5O7. The van der Waals surface area contributed by atoms with Gasteiger partial charge in [-0.2, -0.15) is 0 Å². The number of carbonyl (C=O) groups is 5. The third kappa shape index (κ3) is 9.51. The first kappa shape index (κ1) is 24.3. The van der Waals surface area contributed by atoms with E-state index in [4.69, 9.17) is 21.7 Å². The molecule has 0 aliphatic rings. The van der Waals surface area contributed by atoms with E-state index < -0.39 is 60.9 Å². The molecule has 0 rings (SSSR count). The lowest BCUT2D eigenvalue weighted by molar-refractivity contribution is -0.143. The summed E-state index contributed by atoms with van der Waals surface area (Å²) < 4.78 is 0. The maximum Gasteiger partial charge on any atom is 0.326 e. The molecule has 3 unspecified atom stereocenters. The maximum atomic E-state index is 12.2. The molecule has 0 fully saturated rings. The Kier molecular flexibility index (Phi) is 10.6. The topological polar surface area (TPSA) is 214 Å². The van der Waals surface area contributed by atoms with Crippen molar-refractivity contribution in [1.29, 1.82) is 0 Å². The van der Waals surface area contributed by atoms with Gasteiger partial charge < -0.3 is 37.6 Å². The first-order valence-electron chi connectivity index (χ1n) is 8.24. The van der Waals surface area contributed by atoms with Gasteiger partial charge in [0.05, 0.1) is 13.2 Å². The summed E-state index contributed by atoms with van der Waals surface area (Å²) in [5, 5.41) is 24.6. The molecule has 12 nitrogen and oxygen atoms in total. The maximum absolute atomic E-state index is 12.2. The van der Waals surface area contributed by atoms with E-state index in [9.17, 15) is 24.0 Å². The monoisotopic (exact) mass is 389 g/mol. The fourth-order valence-electron chi connectivity index (χ4n) is 1.95. The van der Waals surface area contributed by atoms with Crippen LogP contribution in [0.2, 0.25) is 0 Å². The minimum Gasteiger partial charge on any atom is -0.480 e. The summed E-state index contributed by atoms with van der Waals surface area (Å²) in [6.45, 7) is 2.03. The summed E-state index contributed by atoms with van der Waals surface area (Å²) in [6, 6.07) is -3.60. The number of carboxylic acids is 1. The number of hydrogen-bond acceptors (Lipinski definition) is 7. The van der Waals surface area contributed by atoms with Crippen molar-refractivity contribution in [2.75, 3.05) is 13.2 Å². The molecule has 0 aromatic rings. The largest absolute Gasteiger partial charge is 0.480 e. The van der Waals surface area contributed by atoms with Gasteiger partial charge in [-0.1, -0.05) is 13.8 Å². The third-order valence-electron chi connectivity index (χ3n) is 3.52. The predicted octanol–water partition coefficient (Wildman–Crippen LogP) is -3.60. The van der Waals surface area contributed by atoms with Crippen LogP contribution in [0.3, 0.4) is 0 Å². The predicted molar refractivity (Wildman–Crippen MR) is 92.8 cm³/mol. The lowest BCUT2D eigenvalue weighted by atomic mass is 10.0. The van der Waals surface area contributed by atoms with Crippen molar-refractivity contribution in [2.45, 2.75) is 44.8 Å². The number of aliphatic hydroxyl groups excluding tert-OH is 1. The summed E-state index contributed by atoms with van der Waals surface area (Å²) in [5.74, 6) is -4.64. The van der Waals surface area contributed by atoms with Crippen molar-refractivity contribution in [1.82, 2.24) is 16.0 Å². The second-order valence-corrected chi connectivity index (χ2v) is 6.20. The van der Waals surface area contributed by atoms with Gasteiger partial charge in [0.15, 0.2) is 0 Å². The Bertz CT molecular complexity index is 567. The van der Waals surface area contributed by atoms with Crippen molar-refractivity contribution < 1.29 is 34.2 Å². The molecule has 154 valence electrons. The second kappa shape index (κ2) is 11.8. The van der Waals surface area contributed by atoms with Crippen LogP contribution in [0.4, 0.5) is 0 Å². The van der Waals surface area contributed by atoms with Gasteiger partial charge in [-0.15, -0.1) is 0 Å². The highest BCUT2D eigenvalue weighted by Gasteiger charge is 2.26. The van der Waals surface area contributed by atoms with Crippen LogP contribution < -0.4 is 27.4 Å². The molecule has 0 heterocycles. The van der Waals surface area contributed by atoms with E-state index in [1.165, 1.54) is 0 Å². The van der Waals surface area contributed by atoms with Gasteiger partial charge in [0, 0.05) is 6.42 Å². The van der Waals surface area contributed by atoms with Crippen LogP contribution >= 0.6 is 0 Å². The van der Waals surface area contributed by atoms with Gasteiger partial charge in [-0.3, -0.25) is 19.2 Å². The van der Waals surface area contributed by atoms with Crippen LogP contribution in [0.1, 0.15) is 26.7 Å². The molecule has 0 saturated heterocycles. The van der Waals surface area contributed by atoms with Gasteiger partial charge in [0.25, 0.3) is 0 Å². The molecule has 0 aliphatic carbocycles. The van der Waals surface area contributed by atoms with Gasteiger partial charge in [-0.05, 0) is 12.3 Å². The molecule has 9 N–H and O–H groups in total. The number of primary amides is 1. The highest BCUT2D eigenvalue weighted by atomic mass is 16.4. The van der Waals surface area contributed by atoms with Crippen molar-refractivity contribution in [3.8, 4) is 0 Å². The second-order valence-electron chi connectivity index (χ2n) is 6.20. The summed E-state index contributed by atoms with van der Waals surface area (Å²) in [6.07, 6.45) is -0.357. The van der Waals surface area contributed by atoms with Crippen LogP contribution in [-0.4, -0.2) is 71.1 Å². The average Bonchev–Trinajstić information content (AvgIpc) is 2.59. The number of nitrogens with two attached hydrogens (primary N) is 2. The normalized spacial score (nSPS) is 14.0. The third-order valence-corrected chi connectivity index (χ3v) is 3.52. The fourth-order valence-corrected chi connectivity index (χ4v) is 1.95. The molecule has 27 heavy (non-hydrogen) atoms. The molecule has 0 spiro atoms. The highest BCUT2D eigenvalue weighted by molar-refractivity contribution is 5.93.